The van der Waals surface area contributed by atoms with E-state index in [1.54, 1.807) is 22.5 Å². The van der Waals surface area contributed by atoms with Gasteiger partial charge in [-0.05, 0) is 49.2 Å². The van der Waals surface area contributed by atoms with E-state index in [4.69, 9.17) is 0 Å². The first-order valence-corrected chi connectivity index (χ1v) is 13.7. The molecule has 7 nitrogen and oxygen atoms in total. The van der Waals surface area contributed by atoms with E-state index in [0.717, 1.165) is 64.0 Å². The molecule has 0 atom stereocenters. The van der Waals surface area contributed by atoms with Gasteiger partial charge in [-0.2, -0.15) is 4.31 Å². The van der Waals surface area contributed by atoms with Crippen LogP contribution in [0.3, 0.4) is 0 Å². The summed E-state index contributed by atoms with van der Waals surface area (Å²) in [4.78, 5) is 17.8. The number of likely N-dealkylation sites (N-methyl/N-ethyl adjacent to an activating group) is 1. The predicted molar refractivity (Wildman–Crippen MR) is 134 cm³/mol. The van der Waals surface area contributed by atoms with Crippen LogP contribution in [0.2, 0.25) is 0 Å². The van der Waals surface area contributed by atoms with Crippen LogP contribution in [0.25, 0.3) is 0 Å². The van der Waals surface area contributed by atoms with Gasteiger partial charge < -0.3 is 10.2 Å². The van der Waals surface area contributed by atoms with Gasteiger partial charge in [0.25, 0.3) is 5.91 Å². The number of hydrogen-bond acceptors (Lipinski definition) is 5. The Morgan fingerprint density at radius 2 is 1.53 bits per heavy atom. The summed E-state index contributed by atoms with van der Waals surface area (Å²) in [5.41, 5.74) is 2.64. The second kappa shape index (κ2) is 11.4. The average molecular weight is 485 g/mol. The van der Waals surface area contributed by atoms with Crippen LogP contribution in [0.5, 0.6) is 0 Å². The van der Waals surface area contributed by atoms with E-state index in [2.05, 4.69) is 34.3 Å². The minimum atomic E-state index is -3.59. The van der Waals surface area contributed by atoms with Crippen LogP contribution < -0.4 is 5.32 Å². The molecule has 2 heterocycles. The largest absolute Gasteiger partial charge is 0.348 e. The summed E-state index contributed by atoms with van der Waals surface area (Å²) in [5, 5.41) is 2.95. The molecule has 0 radical (unpaired) electrons. The van der Waals surface area contributed by atoms with E-state index in [0.29, 0.717) is 25.2 Å². The van der Waals surface area contributed by atoms with Gasteiger partial charge in [0.15, 0.2) is 0 Å². The Bertz CT molecular complexity index is 1070. The molecule has 0 aliphatic carbocycles. The van der Waals surface area contributed by atoms with Crippen molar-refractivity contribution < 1.29 is 13.2 Å². The third-order valence-corrected chi connectivity index (χ3v) is 8.64. The SMILES string of the molecule is CN1CCN(Cc2cccc(CNC(=O)c3cccc(S(=O)(=O)N4CCCCCC4)c3)c2)CC1. The van der Waals surface area contributed by atoms with E-state index in [9.17, 15) is 13.2 Å². The fourth-order valence-corrected chi connectivity index (χ4v) is 6.18. The molecule has 2 aromatic rings. The maximum atomic E-state index is 13.1. The number of hydrogen-bond donors (Lipinski definition) is 1. The van der Waals surface area contributed by atoms with Crippen molar-refractivity contribution in [1.82, 2.24) is 19.4 Å². The molecule has 1 amide bonds. The zero-order chi connectivity index (χ0) is 24.0. The van der Waals surface area contributed by atoms with Crippen LogP contribution in [0.1, 0.15) is 47.2 Å². The first-order chi connectivity index (χ1) is 16.4. The van der Waals surface area contributed by atoms with Gasteiger partial charge in [0, 0.05) is 57.9 Å². The monoisotopic (exact) mass is 484 g/mol. The Morgan fingerprint density at radius 1 is 0.853 bits per heavy atom. The number of carbonyl (C=O) groups excluding carboxylic acids is 1. The number of nitrogens with zero attached hydrogens (tertiary/aromatic N) is 3. The van der Waals surface area contributed by atoms with Gasteiger partial charge in [-0.25, -0.2) is 8.42 Å². The van der Waals surface area contributed by atoms with Crippen molar-refractivity contribution in [1.29, 1.82) is 0 Å². The standard InChI is InChI=1S/C26H36N4O3S/c1-28-14-16-29(17-15-28)21-23-9-6-8-22(18-23)20-27-26(31)24-10-7-11-25(19-24)34(32,33)30-12-4-2-3-5-13-30/h6-11,18-19H,2-5,12-17,20-21H2,1H3,(H,27,31). The third-order valence-electron chi connectivity index (χ3n) is 6.75. The van der Waals surface area contributed by atoms with Crippen molar-refractivity contribution in [3.63, 3.8) is 0 Å². The summed E-state index contributed by atoms with van der Waals surface area (Å²) >= 11 is 0. The first-order valence-electron chi connectivity index (χ1n) is 12.3. The van der Waals surface area contributed by atoms with Crippen LogP contribution >= 0.6 is 0 Å². The highest BCUT2D eigenvalue weighted by Crippen LogP contribution is 2.21. The highest BCUT2D eigenvalue weighted by molar-refractivity contribution is 7.89. The minimum absolute atomic E-state index is 0.191. The molecular weight excluding hydrogens is 448 g/mol. The van der Waals surface area contributed by atoms with E-state index in [1.165, 1.54) is 11.6 Å². The van der Waals surface area contributed by atoms with Gasteiger partial charge in [0.05, 0.1) is 4.90 Å². The average Bonchev–Trinajstić information content (AvgIpc) is 3.15. The first kappa shape index (κ1) is 24.9. The Morgan fingerprint density at radius 3 is 2.26 bits per heavy atom. The Balaban J connectivity index is 1.37. The zero-order valence-electron chi connectivity index (χ0n) is 20.1. The lowest BCUT2D eigenvalue weighted by atomic mass is 10.1. The summed E-state index contributed by atoms with van der Waals surface area (Å²) in [7, 11) is -1.43. The number of amides is 1. The van der Waals surface area contributed by atoms with Crippen LogP contribution in [-0.2, 0) is 23.1 Å². The lowest BCUT2D eigenvalue weighted by molar-refractivity contribution is 0.0950. The van der Waals surface area contributed by atoms with Crippen LogP contribution in [0.4, 0.5) is 0 Å². The molecule has 1 N–H and O–H groups in total. The van der Waals surface area contributed by atoms with Crippen molar-refractivity contribution in [3.8, 4) is 0 Å². The molecule has 4 rings (SSSR count). The molecular formula is C26H36N4O3S. The van der Waals surface area contributed by atoms with Crippen LogP contribution in [0, 0.1) is 0 Å². The van der Waals surface area contributed by atoms with Gasteiger partial charge in [-0.15, -0.1) is 0 Å². The van der Waals surface area contributed by atoms with Crippen LogP contribution in [0.15, 0.2) is 53.4 Å². The number of rotatable bonds is 7. The summed E-state index contributed by atoms with van der Waals surface area (Å²) < 4.78 is 27.8. The molecule has 8 heteroatoms. The van der Waals surface area contributed by atoms with E-state index >= 15 is 0 Å². The molecule has 0 unspecified atom stereocenters. The minimum Gasteiger partial charge on any atom is -0.348 e. The van der Waals surface area contributed by atoms with Crippen molar-refractivity contribution in [2.24, 2.45) is 0 Å². The van der Waals surface area contributed by atoms with Crippen molar-refractivity contribution in [2.45, 2.75) is 43.7 Å². The molecule has 2 fully saturated rings. The quantitative estimate of drug-likeness (QED) is 0.654. The normalized spacial score (nSPS) is 19.0. The highest BCUT2D eigenvalue weighted by Gasteiger charge is 2.25. The Kier molecular flexibility index (Phi) is 8.37. The molecule has 184 valence electrons. The van der Waals surface area contributed by atoms with Gasteiger partial charge in [-0.1, -0.05) is 43.2 Å². The van der Waals surface area contributed by atoms with Gasteiger partial charge >= 0.3 is 0 Å². The van der Waals surface area contributed by atoms with Crippen molar-refractivity contribution in [3.05, 3.63) is 65.2 Å². The Labute approximate surface area is 203 Å². The second-order valence-electron chi connectivity index (χ2n) is 9.43. The fourth-order valence-electron chi connectivity index (χ4n) is 4.62. The summed E-state index contributed by atoms with van der Waals surface area (Å²) in [5.74, 6) is -0.266. The molecule has 2 saturated heterocycles. The number of nitrogens with one attached hydrogen (secondary N) is 1. The molecule has 34 heavy (non-hydrogen) atoms. The number of benzene rings is 2. The maximum Gasteiger partial charge on any atom is 0.251 e. The highest BCUT2D eigenvalue weighted by atomic mass is 32.2. The van der Waals surface area contributed by atoms with E-state index in [-0.39, 0.29) is 10.8 Å². The van der Waals surface area contributed by atoms with E-state index < -0.39 is 10.0 Å². The zero-order valence-corrected chi connectivity index (χ0v) is 20.9. The summed E-state index contributed by atoms with van der Waals surface area (Å²) in [6, 6.07) is 14.7. The lowest BCUT2D eigenvalue weighted by Gasteiger charge is -2.32. The number of piperazine rings is 1. The molecule has 2 aliphatic rings. The molecule has 2 aromatic carbocycles. The van der Waals surface area contributed by atoms with Gasteiger partial charge in [-0.3, -0.25) is 9.69 Å². The molecule has 2 aliphatic heterocycles. The summed E-state index contributed by atoms with van der Waals surface area (Å²) in [6.45, 7) is 6.70. The predicted octanol–water partition coefficient (Wildman–Crippen LogP) is 2.93. The summed E-state index contributed by atoms with van der Waals surface area (Å²) in [6.07, 6.45) is 3.89. The number of sulfonamides is 1. The van der Waals surface area contributed by atoms with Gasteiger partial charge in [0.2, 0.25) is 10.0 Å². The second-order valence-corrected chi connectivity index (χ2v) is 11.4. The fraction of sp³-hybridized carbons (Fsp3) is 0.500. The smallest absolute Gasteiger partial charge is 0.251 e. The third kappa shape index (κ3) is 6.44. The van der Waals surface area contributed by atoms with E-state index in [1.807, 2.05) is 12.1 Å². The molecule has 0 aromatic heterocycles. The molecule has 0 spiro atoms. The van der Waals surface area contributed by atoms with Crippen molar-refractivity contribution in [2.75, 3.05) is 46.3 Å². The van der Waals surface area contributed by atoms with Gasteiger partial charge in [0.1, 0.15) is 0 Å². The lowest BCUT2D eigenvalue weighted by Crippen LogP contribution is -2.43. The molecule has 0 bridgehead atoms. The topological polar surface area (TPSA) is 73.0 Å². The maximum absolute atomic E-state index is 13.1. The number of carbonyl (C=O) groups is 1. The van der Waals surface area contributed by atoms with Crippen molar-refractivity contribution >= 4 is 15.9 Å². The molecule has 0 saturated carbocycles. The van der Waals surface area contributed by atoms with Crippen LogP contribution in [-0.4, -0.2) is 74.7 Å². The Hall–Kier alpha value is -2.26.